The molecule has 1 aromatic rings. The minimum absolute atomic E-state index is 0.0319. The number of carbonyl (C=O) groups is 2. The lowest BCUT2D eigenvalue weighted by Crippen LogP contribution is -2.37. The van der Waals surface area contributed by atoms with Gasteiger partial charge in [0.15, 0.2) is 5.78 Å². The smallest absolute Gasteiger partial charge is 0.305 e. The molecule has 1 unspecified atom stereocenters. The second-order valence-corrected chi connectivity index (χ2v) is 4.96. The summed E-state index contributed by atoms with van der Waals surface area (Å²) in [4.78, 5) is 23.6. The maximum atomic E-state index is 12.4. The molecule has 4 nitrogen and oxygen atoms in total. The number of likely N-dealkylation sites (N-methyl/N-ethyl adjacent to an activating group) is 1. The zero-order chi connectivity index (χ0) is 15.1. The number of esters is 1. The molecule has 0 amide bonds. The molecule has 0 aliphatic carbocycles. The zero-order valence-corrected chi connectivity index (χ0v) is 12.8. The fourth-order valence-electron chi connectivity index (χ4n) is 1.94. The van der Waals surface area contributed by atoms with Crippen LogP contribution in [0.3, 0.4) is 0 Å². The molecule has 1 rings (SSSR count). The van der Waals surface area contributed by atoms with Gasteiger partial charge in [-0.2, -0.15) is 0 Å². The number of rotatable bonds is 7. The van der Waals surface area contributed by atoms with Crippen molar-refractivity contribution in [2.24, 2.45) is 0 Å². The maximum Gasteiger partial charge on any atom is 0.305 e. The van der Waals surface area contributed by atoms with Gasteiger partial charge in [-0.05, 0) is 43.7 Å². The number of ketones is 1. The molecule has 110 valence electrons. The molecule has 1 atom stereocenters. The van der Waals surface area contributed by atoms with E-state index in [2.05, 4.69) is 10.1 Å². The first-order valence-electron chi connectivity index (χ1n) is 6.60. The minimum atomic E-state index is -0.389. The van der Waals surface area contributed by atoms with E-state index in [1.54, 1.807) is 18.2 Å². The topological polar surface area (TPSA) is 55.4 Å². The Morgan fingerprint density at radius 3 is 2.65 bits per heavy atom. The van der Waals surface area contributed by atoms with Gasteiger partial charge in [0.05, 0.1) is 13.2 Å². The highest BCUT2D eigenvalue weighted by atomic mass is 35.5. The van der Waals surface area contributed by atoms with E-state index in [1.165, 1.54) is 7.11 Å². The average Bonchev–Trinajstić information content (AvgIpc) is 2.45. The van der Waals surface area contributed by atoms with Crippen LogP contribution >= 0.6 is 11.6 Å². The van der Waals surface area contributed by atoms with Crippen molar-refractivity contribution in [1.29, 1.82) is 0 Å². The summed E-state index contributed by atoms with van der Waals surface area (Å²) < 4.78 is 4.60. The third-order valence-corrected chi connectivity index (χ3v) is 3.50. The van der Waals surface area contributed by atoms with E-state index < -0.39 is 0 Å². The van der Waals surface area contributed by atoms with E-state index >= 15 is 0 Å². The van der Waals surface area contributed by atoms with Gasteiger partial charge in [-0.25, -0.2) is 0 Å². The number of nitrogens with one attached hydrogen (secondary N) is 1. The van der Waals surface area contributed by atoms with Crippen molar-refractivity contribution in [2.75, 3.05) is 13.7 Å². The number of ether oxygens (including phenoxy) is 1. The summed E-state index contributed by atoms with van der Waals surface area (Å²) in [5, 5.41) is 3.74. The quantitative estimate of drug-likeness (QED) is 0.621. The monoisotopic (exact) mass is 297 g/mol. The van der Waals surface area contributed by atoms with Crippen molar-refractivity contribution in [1.82, 2.24) is 5.32 Å². The molecular formula is C15H20ClNO3. The summed E-state index contributed by atoms with van der Waals surface area (Å²) in [6, 6.07) is 4.81. The van der Waals surface area contributed by atoms with E-state index in [-0.39, 0.29) is 24.2 Å². The molecule has 0 aromatic heterocycles. The molecule has 0 aliphatic rings. The highest BCUT2D eigenvalue weighted by Crippen LogP contribution is 2.18. The lowest BCUT2D eigenvalue weighted by Gasteiger charge is -2.16. The highest BCUT2D eigenvalue weighted by Gasteiger charge is 2.20. The number of hydrogen-bond acceptors (Lipinski definition) is 4. The first-order chi connectivity index (χ1) is 9.49. The number of aryl methyl sites for hydroxylation is 1. The van der Waals surface area contributed by atoms with Crippen molar-refractivity contribution in [2.45, 2.75) is 32.7 Å². The largest absolute Gasteiger partial charge is 0.469 e. The average molecular weight is 298 g/mol. The Morgan fingerprint density at radius 1 is 1.40 bits per heavy atom. The van der Waals surface area contributed by atoms with E-state index in [0.29, 0.717) is 23.6 Å². The number of hydrogen-bond donors (Lipinski definition) is 1. The summed E-state index contributed by atoms with van der Waals surface area (Å²) in [7, 11) is 1.34. The summed E-state index contributed by atoms with van der Waals surface area (Å²) in [6.45, 7) is 4.44. The normalized spacial score (nSPS) is 12.0. The maximum absolute atomic E-state index is 12.4. The van der Waals surface area contributed by atoms with Gasteiger partial charge in [0.25, 0.3) is 0 Å². The Morgan fingerprint density at radius 2 is 2.10 bits per heavy atom. The number of methoxy groups -OCH3 is 1. The molecule has 0 aliphatic heterocycles. The lowest BCUT2D eigenvalue weighted by molar-refractivity contribution is -0.140. The predicted octanol–water partition coefficient (Wildman–Crippen LogP) is 2.76. The standard InChI is InChI=1S/C15H20ClNO3/c1-4-17-13(7-8-14(18)20-3)15(19)11-5-6-12(16)10(2)9-11/h5-6,9,13,17H,4,7-8H2,1-3H3. The molecule has 1 N–H and O–H groups in total. The molecule has 1 aromatic carbocycles. The third-order valence-electron chi connectivity index (χ3n) is 3.07. The van der Waals surface area contributed by atoms with Crippen LogP contribution in [0.2, 0.25) is 5.02 Å². The van der Waals surface area contributed by atoms with Crippen molar-refractivity contribution in [3.8, 4) is 0 Å². The van der Waals surface area contributed by atoms with Gasteiger partial charge in [0, 0.05) is 17.0 Å². The zero-order valence-electron chi connectivity index (χ0n) is 12.0. The van der Waals surface area contributed by atoms with Gasteiger partial charge in [-0.15, -0.1) is 0 Å². The Balaban J connectivity index is 2.81. The van der Waals surface area contributed by atoms with Crippen LogP contribution in [-0.2, 0) is 9.53 Å². The van der Waals surface area contributed by atoms with Gasteiger partial charge < -0.3 is 10.1 Å². The number of halogens is 1. The predicted molar refractivity (Wildman–Crippen MR) is 79.2 cm³/mol. The molecule has 0 bridgehead atoms. The molecule has 0 heterocycles. The lowest BCUT2D eigenvalue weighted by atomic mass is 9.99. The van der Waals surface area contributed by atoms with Crippen LogP contribution in [0.1, 0.15) is 35.7 Å². The van der Waals surface area contributed by atoms with Crippen LogP contribution in [0.4, 0.5) is 0 Å². The van der Waals surface area contributed by atoms with Gasteiger partial charge in [0.2, 0.25) is 0 Å². The first kappa shape index (κ1) is 16.7. The molecule has 0 saturated heterocycles. The Hall–Kier alpha value is -1.39. The van der Waals surface area contributed by atoms with Gasteiger partial charge in [-0.1, -0.05) is 18.5 Å². The summed E-state index contributed by atoms with van der Waals surface area (Å²) in [6.07, 6.45) is 0.632. The second kappa shape index (κ2) is 8.02. The fraction of sp³-hybridized carbons (Fsp3) is 0.467. The molecule has 0 saturated carbocycles. The molecule has 5 heteroatoms. The van der Waals surface area contributed by atoms with E-state index in [4.69, 9.17) is 11.6 Å². The summed E-state index contributed by atoms with van der Waals surface area (Å²) in [5.74, 6) is -0.344. The van der Waals surface area contributed by atoms with Crippen molar-refractivity contribution in [3.63, 3.8) is 0 Å². The summed E-state index contributed by atoms with van der Waals surface area (Å²) >= 11 is 5.96. The van der Waals surface area contributed by atoms with E-state index in [9.17, 15) is 9.59 Å². The van der Waals surface area contributed by atoms with Gasteiger partial charge in [-0.3, -0.25) is 9.59 Å². The molecule has 0 spiro atoms. The van der Waals surface area contributed by atoms with Crippen LogP contribution in [0.25, 0.3) is 0 Å². The van der Waals surface area contributed by atoms with Crippen LogP contribution < -0.4 is 5.32 Å². The first-order valence-corrected chi connectivity index (χ1v) is 6.98. The van der Waals surface area contributed by atoms with Crippen LogP contribution in [0, 0.1) is 6.92 Å². The second-order valence-electron chi connectivity index (χ2n) is 4.55. The Bertz CT molecular complexity index is 488. The van der Waals surface area contributed by atoms with Crippen molar-refractivity contribution < 1.29 is 14.3 Å². The van der Waals surface area contributed by atoms with Gasteiger partial charge >= 0.3 is 5.97 Å². The minimum Gasteiger partial charge on any atom is -0.469 e. The number of Topliss-reactive ketones (excluding diaryl/α,β-unsaturated/α-hetero) is 1. The summed E-state index contributed by atoms with van der Waals surface area (Å²) in [5.41, 5.74) is 1.46. The highest BCUT2D eigenvalue weighted by molar-refractivity contribution is 6.31. The van der Waals surface area contributed by atoms with Crippen LogP contribution in [0.5, 0.6) is 0 Å². The molecule has 20 heavy (non-hydrogen) atoms. The van der Waals surface area contributed by atoms with E-state index in [1.807, 2.05) is 13.8 Å². The fourth-order valence-corrected chi connectivity index (χ4v) is 2.05. The molecule has 0 fully saturated rings. The number of carbonyl (C=O) groups excluding carboxylic acids is 2. The van der Waals surface area contributed by atoms with Crippen LogP contribution in [-0.4, -0.2) is 31.4 Å². The van der Waals surface area contributed by atoms with Crippen LogP contribution in [0.15, 0.2) is 18.2 Å². The Labute approximate surface area is 124 Å². The molecular weight excluding hydrogens is 278 g/mol. The van der Waals surface area contributed by atoms with Crippen molar-refractivity contribution >= 4 is 23.4 Å². The van der Waals surface area contributed by atoms with E-state index in [0.717, 1.165) is 5.56 Å². The SMILES string of the molecule is CCNC(CCC(=O)OC)C(=O)c1ccc(Cl)c(C)c1. The van der Waals surface area contributed by atoms with Gasteiger partial charge in [0.1, 0.15) is 0 Å². The number of benzene rings is 1. The van der Waals surface area contributed by atoms with Crippen molar-refractivity contribution in [3.05, 3.63) is 34.3 Å². The molecule has 0 radical (unpaired) electrons. The third kappa shape index (κ3) is 4.62. The Kier molecular flexibility index (Phi) is 6.68.